The normalized spacial score (nSPS) is 18.2. The van der Waals surface area contributed by atoms with E-state index < -0.39 is 18.0 Å². The molecule has 59 heavy (non-hydrogen) atoms. The fraction of sp³-hybridized carbons (Fsp3) is 0.408. The van der Waals surface area contributed by atoms with Gasteiger partial charge in [0.05, 0.1) is 46.6 Å². The Balaban J connectivity index is 1.57. The summed E-state index contributed by atoms with van der Waals surface area (Å²) in [5.41, 5.74) is 11.6. The SMILES string of the molecule is C=Cc1c(C)c2[nH]c1=CC1=NC(=CC3=C(CCC(=O)O)/C(=C/O)C(=N3)C=C3N=C(C=2)C(C(O)CC/C=C(\C)CC/C=C(\C)CCCC(C)C)=C3C)C(CCC(=O)O)=C1C. The summed E-state index contributed by atoms with van der Waals surface area (Å²) in [6.45, 7) is 18.8. The van der Waals surface area contributed by atoms with Gasteiger partial charge in [-0.1, -0.05) is 56.2 Å². The first-order valence-electron chi connectivity index (χ1n) is 20.8. The van der Waals surface area contributed by atoms with Crippen molar-refractivity contribution in [3.8, 4) is 0 Å². The lowest BCUT2D eigenvalue weighted by Crippen LogP contribution is -2.20. The highest BCUT2D eigenvalue weighted by Gasteiger charge is 2.30. The topological polar surface area (TPSA) is 168 Å². The van der Waals surface area contributed by atoms with Crippen LogP contribution in [0.3, 0.4) is 0 Å². The van der Waals surface area contributed by atoms with Crippen LogP contribution < -0.4 is 10.7 Å². The smallest absolute Gasteiger partial charge is 0.303 e. The molecule has 0 amide bonds. The highest BCUT2D eigenvalue weighted by Crippen LogP contribution is 2.38. The molecule has 1 unspecified atom stereocenters. The fourth-order valence-electron chi connectivity index (χ4n) is 8.01. The van der Waals surface area contributed by atoms with Crippen molar-refractivity contribution in [2.75, 3.05) is 0 Å². The van der Waals surface area contributed by atoms with Crippen molar-refractivity contribution >= 4 is 47.3 Å². The third kappa shape index (κ3) is 10.9. The van der Waals surface area contributed by atoms with Gasteiger partial charge < -0.3 is 25.4 Å². The zero-order valence-electron chi connectivity index (χ0n) is 35.7. The number of fused-ring (bicyclic) bond motifs is 5. The van der Waals surface area contributed by atoms with E-state index in [1.807, 2.05) is 32.9 Å². The second kappa shape index (κ2) is 19.9. The van der Waals surface area contributed by atoms with Gasteiger partial charge in [-0.3, -0.25) is 9.59 Å². The Morgan fingerprint density at radius 3 is 2.07 bits per heavy atom. The summed E-state index contributed by atoms with van der Waals surface area (Å²) in [6.07, 6.45) is 20.6. The summed E-state index contributed by atoms with van der Waals surface area (Å²) in [5, 5.41) is 43.3. The lowest BCUT2D eigenvalue weighted by Gasteiger charge is -2.13. The van der Waals surface area contributed by atoms with Crippen LogP contribution in [0.1, 0.15) is 123 Å². The Morgan fingerprint density at radius 2 is 1.41 bits per heavy atom. The first-order chi connectivity index (χ1) is 28.1. The molecule has 4 aliphatic heterocycles. The van der Waals surface area contributed by atoms with Crippen molar-refractivity contribution in [2.45, 2.75) is 125 Å². The number of nitrogens with one attached hydrogen (secondary N) is 1. The molecular formula is C49H60N4O6. The number of rotatable bonds is 18. The van der Waals surface area contributed by atoms with Crippen LogP contribution in [0.5, 0.6) is 0 Å². The summed E-state index contributed by atoms with van der Waals surface area (Å²) in [4.78, 5) is 41.9. The number of aliphatic carboxylic acids is 2. The third-order valence-electron chi connectivity index (χ3n) is 11.5. The lowest BCUT2D eigenvalue weighted by molar-refractivity contribution is -0.137. The van der Waals surface area contributed by atoms with Crippen molar-refractivity contribution in [2.24, 2.45) is 20.9 Å². The van der Waals surface area contributed by atoms with Gasteiger partial charge in [-0.25, -0.2) is 15.0 Å². The van der Waals surface area contributed by atoms with E-state index in [0.717, 1.165) is 70.0 Å². The van der Waals surface area contributed by atoms with Crippen LogP contribution in [0, 0.1) is 12.8 Å². The quantitative estimate of drug-likeness (QED) is 0.0733. The largest absolute Gasteiger partial charge is 0.515 e. The van der Waals surface area contributed by atoms with Crippen LogP contribution >= 0.6 is 0 Å². The maximum absolute atomic E-state index is 11.9. The van der Waals surface area contributed by atoms with Gasteiger partial charge in [0.25, 0.3) is 0 Å². The van der Waals surface area contributed by atoms with Crippen LogP contribution in [0.15, 0.2) is 114 Å². The van der Waals surface area contributed by atoms with Crippen LogP contribution in [0.25, 0.3) is 18.2 Å². The Labute approximate surface area is 348 Å². The molecule has 10 heteroatoms. The summed E-state index contributed by atoms with van der Waals surface area (Å²) < 4.78 is 0. The molecule has 0 radical (unpaired) electrons. The number of aromatic nitrogens is 1. The molecule has 1 atom stereocenters. The molecule has 1 aromatic rings. The van der Waals surface area contributed by atoms with Gasteiger partial charge in [-0.2, -0.15) is 0 Å². The van der Waals surface area contributed by atoms with Gasteiger partial charge in [0.1, 0.15) is 0 Å². The average molecular weight is 801 g/mol. The monoisotopic (exact) mass is 800 g/mol. The van der Waals surface area contributed by atoms with E-state index in [1.54, 1.807) is 18.2 Å². The van der Waals surface area contributed by atoms with Crippen LogP contribution in [-0.2, 0) is 9.59 Å². The Bertz CT molecular complexity index is 2380. The molecule has 0 saturated carbocycles. The lowest BCUT2D eigenvalue weighted by atomic mass is 9.94. The number of aromatic amines is 1. The number of aliphatic imine (C=N–C) groups is 3. The minimum absolute atomic E-state index is 0.0853. The number of aliphatic hydroxyl groups excluding tert-OH is 2. The van der Waals surface area contributed by atoms with Crippen LogP contribution in [0.4, 0.5) is 0 Å². The first kappa shape index (κ1) is 44.5. The number of hydrogen-bond acceptors (Lipinski definition) is 7. The van der Waals surface area contributed by atoms with E-state index >= 15 is 0 Å². The molecule has 0 aliphatic carbocycles. The predicted octanol–water partition coefficient (Wildman–Crippen LogP) is 9.37. The minimum Gasteiger partial charge on any atom is -0.515 e. The summed E-state index contributed by atoms with van der Waals surface area (Å²) >= 11 is 0. The number of carboxylic acids is 2. The van der Waals surface area contributed by atoms with Gasteiger partial charge in [-0.05, 0) is 144 Å². The van der Waals surface area contributed by atoms with E-state index in [4.69, 9.17) is 15.0 Å². The molecule has 0 spiro atoms. The molecule has 1 aromatic heterocycles. The molecule has 312 valence electrons. The molecular weight excluding hydrogens is 741 g/mol. The molecule has 0 aromatic carbocycles. The summed E-state index contributed by atoms with van der Waals surface area (Å²) in [7, 11) is 0. The molecule has 4 aliphatic rings. The maximum atomic E-state index is 11.9. The number of aliphatic hydroxyl groups is 2. The molecule has 8 bridgehead atoms. The van der Waals surface area contributed by atoms with E-state index in [0.29, 0.717) is 63.8 Å². The zero-order valence-corrected chi connectivity index (χ0v) is 35.7. The Morgan fingerprint density at radius 1 is 0.763 bits per heavy atom. The predicted molar refractivity (Wildman–Crippen MR) is 240 cm³/mol. The van der Waals surface area contributed by atoms with E-state index in [2.05, 4.69) is 51.4 Å². The Kier molecular flexibility index (Phi) is 15.0. The van der Waals surface area contributed by atoms with Crippen LogP contribution in [-0.4, -0.2) is 60.6 Å². The molecule has 5 heterocycles. The Hall–Kier alpha value is -5.61. The molecule has 10 nitrogen and oxygen atoms in total. The number of nitrogens with zero attached hydrogens (tertiary/aromatic N) is 3. The molecule has 5 rings (SSSR count). The van der Waals surface area contributed by atoms with Crippen molar-refractivity contribution in [1.82, 2.24) is 4.98 Å². The second-order valence-electron chi connectivity index (χ2n) is 16.4. The third-order valence-corrected chi connectivity index (χ3v) is 11.5. The van der Waals surface area contributed by atoms with Gasteiger partial charge in [0.15, 0.2) is 0 Å². The highest BCUT2D eigenvalue weighted by molar-refractivity contribution is 6.25. The number of carbonyl (C=O) groups is 2. The van der Waals surface area contributed by atoms with Crippen molar-refractivity contribution in [1.29, 1.82) is 0 Å². The number of allylic oxidation sites excluding steroid dienone is 11. The number of H-pyrrole nitrogens is 1. The summed E-state index contributed by atoms with van der Waals surface area (Å²) in [5.74, 6) is -1.21. The average Bonchev–Trinajstić information content (AvgIpc) is 3.85. The summed E-state index contributed by atoms with van der Waals surface area (Å²) in [6, 6.07) is 0. The second-order valence-corrected chi connectivity index (χ2v) is 16.4. The highest BCUT2D eigenvalue weighted by atomic mass is 16.4. The van der Waals surface area contributed by atoms with Gasteiger partial charge in [0, 0.05) is 40.2 Å². The van der Waals surface area contributed by atoms with Crippen molar-refractivity contribution in [3.05, 3.63) is 121 Å². The van der Waals surface area contributed by atoms with Gasteiger partial charge in [-0.15, -0.1) is 0 Å². The van der Waals surface area contributed by atoms with Crippen molar-refractivity contribution in [3.63, 3.8) is 0 Å². The van der Waals surface area contributed by atoms with Gasteiger partial charge >= 0.3 is 11.9 Å². The first-order valence-corrected chi connectivity index (χ1v) is 20.8. The van der Waals surface area contributed by atoms with E-state index in [1.165, 1.54) is 24.0 Å². The van der Waals surface area contributed by atoms with E-state index in [-0.39, 0.29) is 25.7 Å². The van der Waals surface area contributed by atoms with E-state index in [9.17, 15) is 30.0 Å². The van der Waals surface area contributed by atoms with Crippen LogP contribution in [0.2, 0.25) is 0 Å². The molecule has 5 N–H and O–H groups in total. The molecule has 0 saturated heterocycles. The maximum Gasteiger partial charge on any atom is 0.303 e. The standard InChI is InChI=1S/C49H60N4O6/c1-9-34-31(6)39-25-45-49(46(55)18-12-17-30(5)16-11-15-29(4)14-10-13-28(2)3)33(8)40(52-45)24-44-37(27-54)36(20-22-48(58)59)43(53-44)26-42-35(19-21-47(56)57)32(7)38(51-42)23-41(34)50-39/h9,15,17,23-28,46,50,54-55H,1,10-14,16,18-22H2,2-8H3,(H,56,57)(H,58,59)/b29-15+,30-17+,37-27-,39-25?,40-24?,41-23?,42-26?. The fourth-order valence-corrected chi connectivity index (χ4v) is 8.01. The number of hydrogen-bond donors (Lipinski definition) is 5. The molecule has 0 fully saturated rings. The van der Waals surface area contributed by atoms with Gasteiger partial charge in [0.2, 0.25) is 0 Å². The minimum atomic E-state index is -0.999. The zero-order chi connectivity index (χ0) is 43.0. The van der Waals surface area contributed by atoms with Crippen molar-refractivity contribution < 1.29 is 30.0 Å². The number of carboxylic acid groups (broad SMARTS) is 2.